The van der Waals surface area contributed by atoms with Gasteiger partial charge in [-0.2, -0.15) is 0 Å². The first kappa shape index (κ1) is 9.97. The van der Waals surface area contributed by atoms with E-state index in [-0.39, 0.29) is 0 Å². The van der Waals surface area contributed by atoms with E-state index in [2.05, 4.69) is 5.32 Å². The molecule has 0 aliphatic carbocycles. The summed E-state index contributed by atoms with van der Waals surface area (Å²) in [6, 6.07) is 0.613. The Bertz CT molecular complexity index is 193. The summed E-state index contributed by atoms with van der Waals surface area (Å²) in [6.07, 6.45) is 6.73. The number of hydrogen-bond donors (Lipinski definition) is 1. The van der Waals surface area contributed by atoms with Crippen LogP contribution in [0.3, 0.4) is 0 Å². The van der Waals surface area contributed by atoms with Gasteiger partial charge in [-0.05, 0) is 38.6 Å². The van der Waals surface area contributed by atoms with Crippen LogP contribution in [0.1, 0.15) is 38.5 Å². The molecule has 80 valence electrons. The van der Waals surface area contributed by atoms with Crippen LogP contribution < -0.4 is 5.32 Å². The summed E-state index contributed by atoms with van der Waals surface area (Å²) >= 11 is 0. The van der Waals surface area contributed by atoms with Crippen molar-refractivity contribution in [2.75, 3.05) is 19.6 Å². The molecule has 3 nitrogen and oxygen atoms in total. The minimum atomic E-state index is 0.371. The number of nitrogens with zero attached hydrogens (tertiary/aromatic N) is 1. The molecule has 1 N–H and O–H groups in total. The van der Waals surface area contributed by atoms with E-state index in [1.807, 2.05) is 4.90 Å². The highest BCUT2D eigenvalue weighted by Crippen LogP contribution is 2.14. The molecule has 2 aliphatic heterocycles. The normalized spacial score (nSPS) is 27.1. The fourth-order valence-electron chi connectivity index (χ4n) is 2.43. The molecule has 0 aromatic rings. The van der Waals surface area contributed by atoms with Crippen LogP contribution in [0.4, 0.5) is 0 Å². The quantitative estimate of drug-likeness (QED) is 0.734. The second-order valence-electron chi connectivity index (χ2n) is 4.42. The lowest BCUT2D eigenvalue weighted by Gasteiger charge is -2.16. The Balaban J connectivity index is 1.66. The zero-order chi connectivity index (χ0) is 9.80. The predicted octanol–water partition coefficient (Wildman–Crippen LogP) is 1.14. The van der Waals surface area contributed by atoms with Crippen molar-refractivity contribution >= 4 is 5.91 Å². The van der Waals surface area contributed by atoms with Crippen LogP contribution in [0.5, 0.6) is 0 Å². The summed E-state index contributed by atoms with van der Waals surface area (Å²) in [5, 5.41) is 3.43. The number of carbonyl (C=O) groups is 1. The van der Waals surface area contributed by atoms with Crippen molar-refractivity contribution in [3.8, 4) is 0 Å². The summed E-state index contributed by atoms with van der Waals surface area (Å²) in [7, 11) is 0. The van der Waals surface area contributed by atoms with Crippen LogP contribution in [0.2, 0.25) is 0 Å². The first-order chi connectivity index (χ1) is 6.86. The molecule has 0 spiro atoms. The van der Waals surface area contributed by atoms with E-state index in [4.69, 9.17) is 0 Å². The van der Waals surface area contributed by atoms with Crippen LogP contribution >= 0.6 is 0 Å². The highest BCUT2D eigenvalue weighted by atomic mass is 16.2. The Morgan fingerprint density at radius 2 is 2.07 bits per heavy atom. The zero-order valence-corrected chi connectivity index (χ0v) is 8.80. The third kappa shape index (κ3) is 2.47. The smallest absolute Gasteiger partial charge is 0.222 e. The summed E-state index contributed by atoms with van der Waals surface area (Å²) in [4.78, 5) is 13.7. The largest absolute Gasteiger partial charge is 0.343 e. The average molecular weight is 196 g/mol. The fraction of sp³-hybridized carbons (Fsp3) is 0.909. The molecule has 1 unspecified atom stereocenters. The van der Waals surface area contributed by atoms with Gasteiger partial charge in [0.2, 0.25) is 5.91 Å². The van der Waals surface area contributed by atoms with E-state index in [0.29, 0.717) is 11.9 Å². The van der Waals surface area contributed by atoms with Crippen molar-refractivity contribution in [1.29, 1.82) is 0 Å². The molecule has 2 aliphatic rings. The van der Waals surface area contributed by atoms with Gasteiger partial charge in [0.05, 0.1) is 0 Å². The number of carbonyl (C=O) groups excluding carboxylic acids is 1. The molecule has 1 atom stereocenters. The van der Waals surface area contributed by atoms with Crippen molar-refractivity contribution in [2.24, 2.45) is 0 Å². The minimum absolute atomic E-state index is 0.371. The molecule has 0 saturated carbocycles. The highest BCUT2D eigenvalue weighted by Gasteiger charge is 2.20. The Kier molecular flexibility index (Phi) is 3.40. The first-order valence-electron chi connectivity index (χ1n) is 5.87. The lowest BCUT2D eigenvalue weighted by atomic mass is 10.1. The summed E-state index contributed by atoms with van der Waals surface area (Å²) in [6.45, 7) is 3.14. The molecule has 1 amide bonds. The minimum Gasteiger partial charge on any atom is -0.343 e. The molecular weight excluding hydrogens is 176 g/mol. The van der Waals surface area contributed by atoms with Crippen molar-refractivity contribution in [2.45, 2.75) is 44.6 Å². The molecule has 2 heterocycles. The molecule has 0 aromatic heterocycles. The van der Waals surface area contributed by atoms with Crippen molar-refractivity contribution in [3.63, 3.8) is 0 Å². The van der Waals surface area contributed by atoms with Gasteiger partial charge in [0.1, 0.15) is 0 Å². The van der Waals surface area contributed by atoms with E-state index in [9.17, 15) is 4.79 Å². The van der Waals surface area contributed by atoms with E-state index >= 15 is 0 Å². The van der Waals surface area contributed by atoms with Crippen molar-refractivity contribution < 1.29 is 4.79 Å². The molecule has 2 fully saturated rings. The number of amides is 1. The molecule has 14 heavy (non-hydrogen) atoms. The number of nitrogens with one attached hydrogen (secondary N) is 1. The second kappa shape index (κ2) is 4.78. The van der Waals surface area contributed by atoms with Gasteiger partial charge in [-0.15, -0.1) is 0 Å². The highest BCUT2D eigenvalue weighted by molar-refractivity contribution is 5.76. The maximum Gasteiger partial charge on any atom is 0.222 e. The zero-order valence-electron chi connectivity index (χ0n) is 8.80. The molecule has 2 saturated heterocycles. The lowest BCUT2D eigenvalue weighted by Crippen LogP contribution is -2.30. The molecule has 0 bridgehead atoms. The maximum absolute atomic E-state index is 11.7. The van der Waals surface area contributed by atoms with Gasteiger partial charge in [0, 0.05) is 25.6 Å². The van der Waals surface area contributed by atoms with E-state index in [1.165, 1.54) is 25.7 Å². The standard InChI is InChI=1S/C11H20N2O/c14-11(13-8-1-2-9-13)6-5-10-4-3-7-12-10/h10,12H,1-9H2. The van der Waals surface area contributed by atoms with E-state index in [1.54, 1.807) is 0 Å². The van der Waals surface area contributed by atoms with Crippen molar-refractivity contribution in [3.05, 3.63) is 0 Å². The fourth-order valence-corrected chi connectivity index (χ4v) is 2.43. The van der Waals surface area contributed by atoms with Gasteiger partial charge in [-0.1, -0.05) is 0 Å². The SMILES string of the molecule is O=C(CCC1CCCN1)N1CCCC1. The summed E-state index contributed by atoms with van der Waals surface area (Å²) in [5.74, 6) is 0.371. The Hall–Kier alpha value is -0.570. The maximum atomic E-state index is 11.7. The van der Waals surface area contributed by atoms with Gasteiger partial charge in [0.25, 0.3) is 0 Å². The third-order valence-corrected chi connectivity index (χ3v) is 3.33. The van der Waals surface area contributed by atoms with Gasteiger partial charge in [-0.25, -0.2) is 0 Å². The van der Waals surface area contributed by atoms with Gasteiger partial charge < -0.3 is 10.2 Å². The summed E-state index contributed by atoms with van der Waals surface area (Å²) in [5.41, 5.74) is 0. The molecule has 2 rings (SSSR count). The van der Waals surface area contributed by atoms with Crippen LogP contribution in [0.15, 0.2) is 0 Å². The van der Waals surface area contributed by atoms with E-state index in [0.717, 1.165) is 32.5 Å². The molecule has 3 heteroatoms. The number of hydrogen-bond acceptors (Lipinski definition) is 2. The molecular formula is C11H20N2O. The monoisotopic (exact) mass is 196 g/mol. The van der Waals surface area contributed by atoms with Gasteiger partial charge >= 0.3 is 0 Å². The Morgan fingerprint density at radius 3 is 2.71 bits per heavy atom. The van der Waals surface area contributed by atoms with Crippen LogP contribution in [0.25, 0.3) is 0 Å². The number of rotatable bonds is 3. The van der Waals surface area contributed by atoms with Crippen LogP contribution in [-0.4, -0.2) is 36.5 Å². The van der Waals surface area contributed by atoms with Gasteiger partial charge in [0.15, 0.2) is 0 Å². The van der Waals surface area contributed by atoms with Crippen LogP contribution in [0, 0.1) is 0 Å². The molecule has 0 radical (unpaired) electrons. The van der Waals surface area contributed by atoms with Gasteiger partial charge in [-0.3, -0.25) is 4.79 Å². The third-order valence-electron chi connectivity index (χ3n) is 3.33. The number of likely N-dealkylation sites (tertiary alicyclic amines) is 1. The second-order valence-corrected chi connectivity index (χ2v) is 4.42. The Labute approximate surface area is 85.8 Å². The molecule has 0 aromatic carbocycles. The summed E-state index contributed by atoms with van der Waals surface area (Å²) < 4.78 is 0. The Morgan fingerprint density at radius 1 is 1.29 bits per heavy atom. The topological polar surface area (TPSA) is 32.3 Å². The first-order valence-corrected chi connectivity index (χ1v) is 5.87. The average Bonchev–Trinajstić information content (AvgIpc) is 2.87. The van der Waals surface area contributed by atoms with Crippen molar-refractivity contribution in [1.82, 2.24) is 10.2 Å². The van der Waals surface area contributed by atoms with E-state index < -0.39 is 0 Å². The predicted molar refractivity (Wildman–Crippen MR) is 56.1 cm³/mol. The lowest BCUT2D eigenvalue weighted by molar-refractivity contribution is -0.130. The van der Waals surface area contributed by atoms with Crippen LogP contribution in [-0.2, 0) is 4.79 Å².